The van der Waals surface area contributed by atoms with Gasteiger partial charge in [-0.05, 0) is 38.3 Å². The Morgan fingerprint density at radius 1 is 1.65 bits per heavy atom. The van der Waals surface area contributed by atoms with Gasteiger partial charge in [-0.15, -0.1) is 0 Å². The minimum atomic E-state index is 0.0163. The van der Waals surface area contributed by atoms with Crippen molar-refractivity contribution < 1.29 is 4.79 Å². The van der Waals surface area contributed by atoms with E-state index in [-0.39, 0.29) is 11.9 Å². The van der Waals surface area contributed by atoms with Crippen LogP contribution in [-0.2, 0) is 0 Å². The minimum absolute atomic E-state index is 0.0163. The zero-order valence-electron chi connectivity index (χ0n) is 9.95. The fourth-order valence-corrected chi connectivity index (χ4v) is 2.47. The molecule has 1 saturated heterocycles. The molecule has 0 saturated carbocycles. The van der Waals surface area contributed by atoms with Crippen LogP contribution in [0.25, 0.3) is 0 Å². The van der Waals surface area contributed by atoms with Crippen LogP contribution < -0.4 is 5.73 Å². The predicted molar refractivity (Wildman–Crippen MR) is 68.1 cm³/mol. The van der Waals surface area contributed by atoms with Crippen LogP contribution in [0.5, 0.6) is 0 Å². The van der Waals surface area contributed by atoms with Crippen LogP contribution >= 0.6 is 11.6 Å². The number of nitrogens with zero attached hydrogens (tertiary/aromatic N) is 1. The number of nitrogens with one attached hydrogen (secondary N) is 1. The summed E-state index contributed by atoms with van der Waals surface area (Å²) in [5, 5.41) is 0.563. The third-order valence-electron chi connectivity index (χ3n) is 3.45. The predicted octanol–water partition coefficient (Wildman–Crippen LogP) is 1.87. The van der Waals surface area contributed by atoms with E-state index >= 15 is 0 Å². The Morgan fingerprint density at radius 2 is 2.41 bits per heavy atom. The summed E-state index contributed by atoms with van der Waals surface area (Å²) in [7, 11) is 0. The molecule has 1 aliphatic rings. The Hall–Kier alpha value is -1.00. The summed E-state index contributed by atoms with van der Waals surface area (Å²) >= 11 is 5.81. The molecule has 0 aliphatic carbocycles. The summed E-state index contributed by atoms with van der Waals surface area (Å²) in [5.74, 6) is 0.433. The fourth-order valence-electron chi connectivity index (χ4n) is 2.30. The van der Waals surface area contributed by atoms with Crippen molar-refractivity contribution in [1.29, 1.82) is 0 Å². The fraction of sp³-hybridized carbons (Fsp3) is 0.583. The zero-order valence-corrected chi connectivity index (χ0v) is 10.7. The molecule has 0 radical (unpaired) electrons. The number of piperidine rings is 1. The van der Waals surface area contributed by atoms with Gasteiger partial charge in [0.05, 0.1) is 5.02 Å². The zero-order chi connectivity index (χ0) is 12.4. The van der Waals surface area contributed by atoms with Gasteiger partial charge in [-0.2, -0.15) is 0 Å². The van der Waals surface area contributed by atoms with Gasteiger partial charge >= 0.3 is 0 Å². The number of hydrogen-bond donors (Lipinski definition) is 2. The van der Waals surface area contributed by atoms with Crippen LogP contribution in [0.1, 0.15) is 30.3 Å². The van der Waals surface area contributed by atoms with Crippen molar-refractivity contribution in [2.75, 3.05) is 13.1 Å². The Morgan fingerprint density at radius 3 is 3.00 bits per heavy atom. The lowest BCUT2D eigenvalue weighted by Gasteiger charge is -2.37. The van der Waals surface area contributed by atoms with E-state index in [4.69, 9.17) is 17.3 Å². The number of hydrogen-bond acceptors (Lipinski definition) is 2. The molecule has 1 aromatic heterocycles. The summed E-state index contributed by atoms with van der Waals surface area (Å²) in [6, 6.07) is 1.94. The van der Waals surface area contributed by atoms with Crippen LogP contribution in [-0.4, -0.2) is 34.9 Å². The highest BCUT2D eigenvalue weighted by Crippen LogP contribution is 2.23. The first-order valence-electron chi connectivity index (χ1n) is 5.96. The summed E-state index contributed by atoms with van der Waals surface area (Å²) < 4.78 is 0. The third-order valence-corrected chi connectivity index (χ3v) is 3.67. The molecular weight excluding hydrogens is 238 g/mol. The van der Waals surface area contributed by atoms with Gasteiger partial charge in [0, 0.05) is 18.8 Å². The van der Waals surface area contributed by atoms with Crippen LogP contribution in [0.3, 0.4) is 0 Å². The maximum Gasteiger partial charge on any atom is 0.270 e. The quantitative estimate of drug-likeness (QED) is 0.848. The first kappa shape index (κ1) is 12.5. The molecule has 1 aromatic rings. The molecule has 0 aromatic carbocycles. The van der Waals surface area contributed by atoms with Crippen molar-refractivity contribution in [3.8, 4) is 0 Å². The average Bonchev–Trinajstić information content (AvgIpc) is 2.76. The summed E-state index contributed by atoms with van der Waals surface area (Å²) in [6.45, 7) is 3.46. The van der Waals surface area contributed by atoms with Crippen LogP contribution in [0.15, 0.2) is 12.3 Å². The molecule has 0 spiro atoms. The Kier molecular flexibility index (Phi) is 3.74. The lowest BCUT2D eigenvalue weighted by molar-refractivity contribution is 0.0561. The maximum absolute atomic E-state index is 12.3. The molecule has 5 heteroatoms. The van der Waals surface area contributed by atoms with E-state index in [1.54, 1.807) is 12.3 Å². The Labute approximate surface area is 106 Å². The van der Waals surface area contributed by atoms with Crippen molar-refractivity contribution in [2.24, 2.45) is 11.7 Å². The lowest BCUT2D eigenvalue weighted by atomic mass is 9.93. The number of carbonyl (C=O) groups excluding carboxylic acids is 1. The van der Waals surface area contributed by atoms with Crippen LogP contribution in [0, 0.1) is 5.92 Å². The number of rotatable bonds is 2. The summed E-state index contributed by atoms with van der Waals surface area (Å²) in [4.78, 5) is 17.1. The second-order valence-electron chi connectivity index (χ2n) is 4.72. The van der Waals surface area contributed by atoms with E-state index in [1.807, 2.05) is 4.90 Å². The van der Waals surface area contributed by atoms with E-state index in [0.717, 1.165) is 19.4 Å². The van der Waals surface area contributed by atoms with E-state index in [9.17, 15) is 4.79 Å². The molecule has 2 rings (SSSR count). The topological polar surface area (TPSA) is 62.1 Å². The SMILES string of the molecule is CC1CCC(CN)CN1C(=O)c1cc(Cl)c[nH]1. The number of nitrogens with two attached hydrogens (primary N) is 1. The second-order valence-corrected chi connectivity index (χ2v) is 5.15. The molecule has 1 aliphatic heterocycles. The highest BCUT2D eigenvalue weighted by atomic mass is 35.5. The highest BCUT2D eigenvalue weighted by molar-refractivity contribution is 6.30. The van der Waals surface area contributed by atoms with Crippen molar-refractivity contribution in [3.63, 3.8) is 0 Å². The van der Waals surface area contributed by atoms with Crippen molar-refractivity contribution in [2.45, 2.75) is 25.8 Å². The van der Waals surface area contributed by atoms with Gasteiger partial charge in [-0.25, -0.2) is 0 Å². The number of carbonyl (C=O) groups is 1. The monoisotopic (exact) mass is 255 g/mol. The van der Waals surface area contributed by atoms with Gasteiger partial charge in [0.25, 0.3) is 5.91 Å². The standard InChI is InChI=1S/C12H18ClN3O/c1-8-2-3-9(5-14)7-16(8)12(17)11-4-10(13)6-15-11/h4,6,8-9,15H,2-3,5,7,14H2,1H3. The van der Waals surface area contributed by atoms with E-state index < -0.39 is 0 Å². The molecular formula is C12H18ClN3O. The van der Waals surface area contributed by atoms with E-state index in [1.165, 1.54) is 0 Å². The van der Waals surface area contributed by atoms with Gasteiger partial charge in [0.2, 0.25) is 0 Å². The number of aromatic amines is 1. The number of H-pyrrole nitrogens is 1. The van der Waals surface area contributed by atoms with Crippen molar-refractivity contribution in [3.05, 3.63) is 23.0 Å². The van der Waals surface area contributed by atoms with Gasteiger partial charge in [-0.3, -0.25) is 4.79 Å². The maximum atomic E-state index is 12.3. The molecule has 94 valence electrons. The van der Waals surface area contributed by atoms with Crippen molar-refractivity contribution in [1.82, 2.24) is 9.88 Å². The van der Waals surface area contributed by atoms with Crippen LogP contribution in [0.2, 0.25) is 5.02 Å². The summed E-state index contributed by atoms with van der Waals surface area (Å²) in [6.07, 6.45) is 3.75. The molecule has 1 fully saturated rings. The summed E-state index contributed by atoms with van der Waals surface area (Å²) in [5.41, 5.74) is 6.24. The van der Waals surface area contributed by atoms with Gasteiger partial charge in [0.1, 0.15) is 5.69 Å². The van der Waals surface area contributed by atoms with E-state index in [0.29, 0.717) is 23.2 Å². The number of halogens is 1. The largest absolute Gasteiger partial charge is 0.356 e. The Bertz CT molecular complexity index is 404. The third kappa shape index (κ3) is 2.64. The average molecular weight is 256 g/mol. The highest BCUT2D eigenvalue weighted by Gasteiger charge is 2.29. The normalized spacial score (nSPS) is 25.0. The van der Waals surface area contributed by atoms with Gasteiger partial charge < -0.3 is 15.6 Å². The lowest BCUT2D eigenvalue weighted by Crippen LogP contribution is -2.47. The number of aromatic nitrogens is 1. The number of amides is 1. The molecule has 4 nitrogen and oxygen atoms in total. The first-order chi connectivity index (χ1) is 8.11. The van der Waals surface area contributed by atoms with E-state index in [2.05, 4.69) is 11.9 Å². The molecule has 17 heavy (non-hydrogen) atoms. The van der Waals surface area contributed by atoms with Crippen LogP contribution in [0.4, 0.5) is 0 Å². The number of likely N-dealkylation sites (tertiary alicyclic amines) is 1. The molecule has 2 atom stereocenters. The Balaban J connectivity index is 2.12. The molecule has 2 unspecified atom stereocenters. The molecule has 1 amide bonds. The van der Waals surface area contributed by atoms with Crippen molar-refractivity contribution >= 4 is 17.5 Å². The van der Waals surface area contributed by atoms with Gasteiger partial charge in [-0.1, -0.05) is 11.6 Å². The first-order valence-corrected chi connectivity index (χ1v) is 6.34. The molecule has 3 N–H and O–H groups in total. The molecule has 0 bridgehead atoms. The smallest absolute Gasteiger partial charge is 0.270 e. The second kappa shape index (κ2) is 5.10. The minimum Gasteiger partial charge on any atom is -0.356 e. The molecule has 2 heterocycles. The van der Waals surface area contributed by atoms with Gasteiger partial charge in [0.15, 0.2) is 0 Å².